The number of nitrogens with zero attached hydrogens (tertiary/aromatic N) is 7. The van der Waals surface area contributed by atoms with E-state index in [0.717, 1.165) is 12.1 Å². The summed E-state index contributed by atoms with van der Waals surface area (Å²) in [5, 5.41) is 0. The highest BCUT2D eigenvalue weighted by Gasteiger charge is 2.33. The smallest absolute Gasteiger partial charge is 0.0223 e. The van der Waals surface area contributed by atoms with Crippen LogP contribution < -0.4 is 0 Å². The van der Waals surface area contributed by atoms with Gasteiger partial charge in [0.2, 0.25) is 0 Å². The van der Waals surface area contributed by atoms with Gasteiger partial charge in [-0.25, -0.2) is 0 Å². The predicted molar refractivity (Wildman–Crippen MR) is 210 cm³/mol. The van der Waals surface area contributed by atoms with E-state index in [1.807, 2.05) is 13.8 Å². The van der Waals surface area contributed by atoms with Gasteiger partial charge in [-0.05, 0) is 155 Å². The second-order valence-electron chi connectivity index (χ2n) is 17.9. The molecule has 0 aromatic rings. The summed E-state index contributed by atoms with van der Waals surface area (Å²) in [5.74, 6) is 0. The first kappa shape index (κ1) is 44.7. The molecule has 282 valence electrons. The van der Waals surface area contributed by atoms with E-state index in [4.69, 9.17) is 0 Å². The van der Waals surface area contributed by atoms with Gasteiger partial charge in [0.15, 0.2) is 0 Å². The van der Waals surface area contributed by atoms with Crippen molar-refractivity contribution in [3.8, 4) is 0 Å². The zero-order chi connectivity index (χ0) is 35.8. The summed E-state index contributed by atoms with van der Waals surface area (Å²) in [6.45, 7) is 47.1. The lowest BCUT2D eigenvalue weighted by molar-refractivity contribution is 0.00573. The van der Waals surface area contributed by atoms with E-state index in [0.29, 0.717) is 16.6 Å². The van der Waals surface area contributed by atoms with Gasteiger partial charge in [0, 0.05) is 87.6 Å². The van der Waals surface area contributed by atoms with Crippen LogP contribution in [0.1, 0.15) is 129 Å². The Labute approximate surface area is 296 Å². The fourth-order valence-electron chi connectivity index (χ4n) is 7.21. The van der Waals surface area contributed by atoms with E-state index >= 15 is 0 Å². The maximum absolute atomic E-state index is 2.70. The Hall–Kier alpha value is -0.280. The van der Waals surface area contributed by atoms with Gasteiger partial charge >= 0.3 is 0 Å². The molecule has 5 rings (SSSR count). The zero-order valence-corrected chi connectivity index (χ0v) is 34.9. The van der Waals surface area contributed by atoms with Gasteiger partial charge in [0.1, 0.15) is 0 Å². The first-order chi connectivity index (χ1) is 21.9. The molecule has 0 spiro atoms. The van der Waals surface area contributed by atoms with Crippen molar-refractivity contribution in [2.75, 3.05) is 106 Å². The van der Waals surface area contributed by atoms with Gasteiger partial charge in [-0.1, -0.05) is 20.3 Å². The van der Waals surface area contributed by atoms with E-state index < -0.39 is 0 Å². The van der Waals surface area contributed by atoms with Gasteiger partial charge < -0.3 is 9.80 Å². The minimum atomic E-state index is 0.362. The van der Waals surface area contributed by atoms with Crippen LogP contribution in [0.4, 0.5) is 0 Å². The summed E-state index contributed by atoms with van der Waals surface area (Å²) in [7, 11) is 4.41. The summed E-state index contributed by atoms with van der Waals surface area (Å²) in [5.41, 5.74) is 1.14. The number of hydrogen-bond acceptors (Lipinski definition) is 7. The Morgan fingerprint density at radius 2 is 0.894 bits per heavy atom. The molecule has 7 nitrogen and oxygen atoms in total. The Bertz CT molecular complexity index is 767. The average Bonchev–Trinajstić information content (AvgIpc) is 3.48. The molecule has 5 aliphatic rings. The second-order valence-corrected chi connectivity index (χ2v) is 17.9. The molecule has 47 heavy (non-hydrogen) atoms. The minimum absolute atomic E-state index is 0.362. The Kier molecular flexibility index (Phi) is 20.8. The van der Waals surface area contributed by atoms with E-state index in [2.05, 4.69) is 125 Å². The summed E-state index contributed by atoms with van der Waals surface area (Å²) in [4.78, 5) is 17.8. The molecule has 1 unspecified atom stereocenters. The van der Waals surface area contributed by atoms with Crippen LogP contribution in [0.15, 0.2) is 0 Å². The molecule has 0 aliphatic carbocycles. The van der Waals surface area contributed by atoms with Gasteiger partial charge in [0.25, 0.3) is 0 Å². The molecule has 0 aromatic heterocycles. The van der Waals surface area contributed by atoms with Crippen molar-refractivity contribution in [3.63, 3.8) is 0 Å². The van der Waals surface area contributed by atoms with Crippen LogP contribution in [0.2, 0.25) is 0 Å². The van der Waals surface area contributed by atoms with Gasteiger partial charge in [0.05, 0.1) is 0 Å². The average molecular weight is 666 g/mol. The third kappa shape index (κ3) is 18.0. The quantitative estimate of drug-likeness (QED) is 0.300. The van der Waals surface area contributed by atoms with Crippen LogP contribution in [0.5, 0.6) is 0 Å². The molecule has 5 fully saturated rings. The molecule has 5 aliphatic heterocycles. The van der Waals surface area contributed by atoms with E-state index in [9.17, 15) is 0 Å². The summed E-state index contributed by atoms with van der Waals surface area (Å²) < 4.78 is 0. The lowest BCUT2D eigenvalue weighted by atomic mass is 9.96. The molecular formula is C40H87N7. The topological polar surface area (TPSA) is 22.7 Å². The highest BCUT2D eigenvalue weighted by Crippen LogP contribution is 2.25. The van der Waals surface area contributed by atoms with Crippen molar-refractivity contribution in [1.29, 1.82) is 0 Å². The molecule has 5 heterocycles. The fraction of sp³-hybridized carbons (Fsp3) is 1.00. The maximum Gasteiger partial charge on any atom is 0.0223 e. The third-order valence-corrected chi connectivity index (χ3v) is 10.8. The second kappa shape index (κ2) is 21.8. The highest BCUT2D eigenvalue weighted by atomic mass is 15.3. The number of likely N-dealkylation sites (N-methyl/N-ethyl adjacent to an activating group) is 2. The number of piperazine rings is 2. The van der Waals surface area contributed by atoms with Gasteiger partial charge in [-0.15, -0.1) is 0 Å². The monoisotopic (exact) mass is 666 g/mol. The van der Waals surface area contributed by atoms with Crippen molar-refractivity contribution < 1.29 is 0 Å². The number of fused-ring (bicyclic) bond motifs is 1. The highest BCUT2D eigenvalue weighted by molar-refractivity contribution is 4.90. The normalized spacial score (nSPS) is 25.1. The fourth-order valence-corrected chi connectivity index (χ4v) is 7.21. The van der Waals surface area contributed by atoms with E-state index in [-0.39, 0.29) is 0 Å². The third-order valence-electron chi connectivity index (χ3n) is 10.8. The molecule has 0 saturated carbocycles. The molecule has 7 heteroatoms. The number of rotatable bonds is 1. The van der Waals surface area contributed by atoms with Crippen LogP contribution in [0.3, 0.4) is 0 Å². The first-order valence-corrected chi connectivity index (χ1v) is 20.0. The van der Waals surface area contributed by atoms with Crippen molar-refractivity contribution in [2.45, 2.75) is 157 Å². The van der Waals surface area contributed by atoms with Crippen LogP contribution >= 0.6 is 0 Å². The van der Waals surface area contributed by atoms with Gasteiger partial charge in [-0.3, -0.25) is 24.5 Å². The molecule has 0 N–H and O–H groups in total. The molecule has 0 radical (unpaired) electrons. The number of hydrogen-bond donors (Lipinski definition) is 0. The first-order valence-electron chi connectivity index (χ1n) is 20.0. The standard InChI is InChI=1S/C12H24N2.2C9H20N2.C8H17N.C2H6/c1-12(2,3)14-9-8-13-7-5-4-6-11(13)10-14;1-9(2,3)11-7-5-10(4)6-8-11;1-9(2)11-6-4-5-10(3)7-8-11;1-8(2,3)9-6-4-5-7-9;1-2/h11H,4-10H2,1-3H3;5-8H2,1-4H3;9H,4-8H2,1-3H3;4-7H2,1-3H3;1-2H3. The Morgan fingerprint density at radius 3 is 1.38 bits per heavy atom. The Balaban J connectivity index is 0.000000311. The van der Waals surface area contributed by atoms with Crippen molar-refractivity contribution in [3.05, 3.63) is 0 Å². The molecule has 0 bridgehead atoms. The molecular weight excluding hydrogens is 578 g/mol. The number of piperidine rings is 1. The minimum Gasteiger partial charge on any atom is -0.305 e. The van der Waals surface area contributed by atoms with E-state index in [1.54, 1.807) is 0 Å². The summed E-state index contributed by atoms with van der Waals surface area (Å²) in [6.07, 6.45) is 8.42. The van der Waals surface area contributed by atoms with Crippen LogP contribution in [0.25, 0.3) is 0 Å². The van der Waals surface area contributed by atoms with Gasteiger partial charge in [-0.2, -0.15) is 0 Å². The van der Waals surface area contributed by atoms with Crippen molar-refractivity contribution >= 4 is 0 Å². The summed E-state index contributed by atoms with van der Waals surface area (Å²) >= 11 is 0. The maximum atomic E-state index is 2.70. The van der Waals surface area contributed by atoms with Crippen molar-refractivity contribution in [1.82, 2.24) is 34.3 Å². The number of likely N-dealkylation sites (tertiary alicyclic amines) is 1. The van der Waals surface area contributed by atoms with Crippen LogP contribution in [0, 0.1) is 0 Å². The van der Waals surface area contributed by atoms with Crippen LogP contribution in [-0.2, 0) is 0 Å². The lowest BCUT2D eigenvalue weighted by Crippen LogP contribution is -2.59. The Morgan fingerprint density at radius 1 is 0.447 bits per heavy atom. The van der Waals surface area contributed by atoms with Crippen molar-refractivity contribution in [2.24, 2.45) is 0 Å². The van der Waals surface area contributed by atoms with E-state index in [1.165, 1.54) is 130 Å². The summed E-state index contributed by atoms with van der Waals surface area (Å²) in [6, 6.07) is 1.58. The molecule has 0 amide bonds. The largest absolute Gasteiger partial charge is 0.305 e. The lowest BCUT2D eigenvalue weighted by Gasteiger charge is -2.48. The molecule has 5 saturated heterocycles. The zero-order valence-electron chi connectivity index (χ0n) is 34.9. The SMILES string of the molecule is CC.CC(C)(C)N1CCCC1.CC(C)(C)N1CCN2CCCCC2C1.CC(C)N1CCCN(C)CC1.CN1CCN(C(C)(C)C)CC1. The molecule has 0 aromatic carbocycles. The predicted octanol–water partition coefficient (Wildman–Crippen LogP) is 6.93. The molecule has 1 atom stereocenters. The van der Waals surface area contributed by atoms with Crippen LogP contribution in [-0.4, -0.2) is 169 Å².